The highest BCUT2D eigenvalue weighted by atomic mass is 19.2. The van der Waals surface area contributed by atoms with Gasteiger partial charge in [-0.15, -0.1) is 0 Å². The van der Waals surface area contributed by atoms with Gasteiger partial charge in [0, 0.05) is 16.7 Å². The van der Waals surface area contributed by atoms with Gasteiger partial charge in [-0.2, -0.15) is 4.39 Å². The molecule has 1 unspecified atom stereocenters. The SMILES string of the molecule is [B]CC1CCC(C2CC=C(c3ccc(-c4ccc(-c5ccc(OCC=C)c(F)c5F)cc4)c(F)c3F)CC2)CC1. The summed E-state index contributed by atoms with van der Waals surface area (Å²) in [6.07, 6.45) is 11.7. The highest BCUT2D eigenvalue weighted by Gasteiger charge is 2.29. The summed E-state index contributed by atoms with van der Waals surface area (Å²) in [4.78, 5) is 0. The lowest BCUT2D eigenvalue weighted by atomic mass is 9.69. The third-order valence-electron chi connectivity index (χ3n) is 8.68. The third-order valence-corrected chi connectivity index (χ3v) is 8.68. The molecule has 206 valence electrons. The Hall–Kier alpha value is -3.28. The van der Waals surface area contributed by atoms with Crippen molar-refractivity contribution in [2.75, 3.05) is 6.61 Å². The second-order valence-corrected chi connectivity index (χ2v) is 11.0. The maximum Gasteiger partial charge on any atom is 0.201 e. The molecule has 1 atom stereocenters. The van der Waals surface area contributed by atoms with Crippen molar-refractivity contribution >= 4 is 13.4 Å². The van der Waals surface area contributed by atoms with E-state index in [1.165, 1.54) is 43.9 Å². The summed E-state index contributed by atoms with van der Waals surface area (Å²) in [5.41, 5.74) is 2.21. The lowest BCUT2D eigenvalue weighted by Crippen LogP contribution is -2.23. The number of rotatable bonds is 8. The molecule has 0 bridgehead atoms. The van der Waals surface area contributed by atoms with E-state index >= 15 is 8.78 Å². The summed E-state index contributed by atoms with van der Waals surface area (Å²) in [5.74, 6) is -2.14. The van der Waals surface area contributed by atoms with Gasteiger partial charge in [-0.05, 0) is 78.7 Å². The third kappa shape index (κ3) is 5.77. The van der Waals surface area contributed by atoms with Gasteiger partial charge in [-0.1, -0.05) is 74.3 Å². The minimum absolute atomic E-state index is 0.0481. The van der Waals surface area contributed by atoms with Crippen LogP contribution < -0.4 is 4.74 Å². The lowest BCUT2D eigenvalue weighted by Gasteiger charge is -2.35. The van der Waals surface area contributed by atoms with E-state index in [9.17, 15) is 8.78 Å². The Morgan fingerprint density at radius 3 is 1.88 bits per heavy atom. The Morgan fingerprint density at radius 1 is 0.725 bits per heavy atom. The molecule has 0 aromatic heterocycles. The van der Waals surface area contributed by atoms with Gasteiger partial charge in [0.2, 0.25) is 5.82 Å². The average Bonchev–Trinajstić information content (AvgIpc) is 3.00. The van der Waals surface area contributed by atoms with Crippen molar-refractivity contribution in [3.63, 3.8) is 0 Å². The van der Waals surface area contributed by atoms with Crippen LogP contribution in [-0.2, 0) is 0 Å². The fourth-order valence-electron chi connectivity index (χ4n) is 6.29. The topological polar surface area (TPSA) is 9.23 Å². The zero-order valence-corrected chi connectivity index (χ0v) is 22.6. The molecule has 0 amide bonds. The van der Waals surface area contributed by atoms with Crippen molar-refractivity contribution in [3.05, 3.63) is 96.1 Å². The number of halogens is 4. The van der Waals surface area contributed by atoms with Crippen LogP contribution in [0.1, 0.15) is 50.5 Å². The summed E-state index contributed by atoms with van der Waals surface area (Å²) in [7, 11) is 5.83. The zero-order chi connectivity index (χ0) is 28.2. The van der Waals surface area contributed by atoms with Gasteiger partial charge in [-0.3, -0.25) is 0 Å². The highest BCUT2D eigenvalue weighted by Crippen LogP contribution is 2.43. The molecular formula is C34H33BF4O. The lowest BCUT2D eigenvalue weighted by molar-refractivity contribution is 0.202. The van der Waals surface area contributed by atoms with Crippen molar-refractivity contribution in [3.8, 4) is 28.0 Å². The fourth-order valence-corrected chi connectivity index (χ4v) is 6.29. The minimum atomic E-state index is -1.09. The fraction of sp³-hybridized carbons (Fsp3) is 0.353. The van der Waals surface area contributed by atoms with Crippen molar-refractivity contribution in [2.24, 2.45) is 17.8 Å². The molecule has 1 nitrogen and oxygen atoms in total. The number of hydrogen-bond donors (Lipinski definition) is 0. The first-order valence-electron chi connectivity index (χ1n) is 14.1. The van der Waals surface area contributed by atoms with Gasteiger partial charge in [-0.25, -0.2) is 13.2 Å². The zero-order valence-electron chi connectivity index (χ0n) is 22.6. The molecule has 0 spiro atoms. The minimum Gasteiger partial charge on any atom is -0.486 e. The standard InChI is InChI=1S/C34H33BF4O/c1-2-19-40-30-18-17-29(33(38)34(30)39)26-13-11-25(12-14-26)28-16-15-27(31(36)32(28)37)24-9-7-23(8-10-24)22-5-3-21(20-35)4-6-22/h2,9,11-18,21-23H,1,3-8,10,19-20H2. The van der Waals surface area contributed by atoms with E-state index in [0.717, 1.165) is 31.2 Å². The molecule has 2 aliphatic rings. The molecule has 0 saturated heterocycles. The molecule has 0 aliphatic heterocycles. The largest absolute Gasteiger partial charge is 0.486 e. The van der Waals surface area contributed by atoms with E-state index in [4.69, 9.17) is 12.6 Å². The summed E-state index contributed by atoms with van der Waals surface area (Å²) >= 11 is 0. The molecule has 6 heteroatoms. The van der Waals surface area contributed by atoms with Crippen LogP contribution in [0.2, 0.25) is 6.32 Å². The summed E-state index contributed by atoms with van der Waals surface area (Å²) in [6, 6.07) is 12.3. The molecular weight excluding hydrogens is 511 g/mol. The van der Waals surface area contributed by atoms with E-state index in [1.807, 2.05) is 0 Å². The summed E-state index contributed by atoms with van der Waals surface area (Å²) in [6.45, 7) is 3.55. The monoisotopic (exact) mass is 544 g/mol. The molecule has 3 aromatic carbocycles. The van der Waals surface area contributed by atoms with E-state index in [0.29, 0.717) is 34.4 Å². The number of benzene rings is 3. The van der Waals surface area contributed by atoms with Crippen LogP contribution >= 0.6 is 0 Å². The van der Waals surface area contributed by atoms with Crippen LogP contribution in [-0.4, -0.2) is 14.5 Å². The van der Waals surface area contributed by atoms with Crippen LogP contribution in [0, 0.1) is 41.0 Å². The van der Waals surface area contributed by atoms with Gasteiger partial charge >= 0.3 is 0 Å². The molecule has 3 aromatic rings. The first kappa shape index (κ1) is 28.3. The second kappa shape index (κ2) is 12.5. The van der Waals surface area contributed by atoms with E-state index < -0.39 is 23.3 Å². The predicted molar refractivity (Wildman–Crippen MR) is 154 cm³/mol. The number of hydrogen-bond acceptors (Lipinski definition) is 1. The quantitative estimate of drug-likeness (QED) is 0.156. The molecule has 40 heavy (non-hydrogen) atoms. The van der Waals surface area contributed by atoms with E-state index in [-0.39, 0.29) is 23.5 Å². The Labute approximate surface area is 235 Å². The molecule has 2 radical (unpaired) electrons. The van der Waals surface area contributed by atoms with Crippen LogP contribution in [0.3, 0.4) is 0 Å². The van der Waals surface area contributed by atoms with Crippen LogP contribution in [0.15, 0.2) is 67.3 Å². The molecule has 5 rings (SSSR count). The summed E-state index contributed by atoms with van der Waals surface area (Å²) < 4.78 is 64.8. The average molecular weight is 544 g/mol. The predicted octanol–water partition coefficient (Wildman–Crippen LogP) is 9.72. The maximum absolute atomic E-state index is 15.3. The van der Waals surface area contributed by atoms with Crippen molar-refractivity contribution < 1.29 is 22.3 Å². The Kier molecular flexibility index (Phi) is 8.83. The second-order valence-electron chi connectivity index (χ2n) is 11.0. The van der Waals surface area contributed by atoms with E-state index in [2.05, 4.69) is 12.7 Å². The number of allylic oxidation sites excluding steroid dienone is 2. The summed E-state index contributed by atoms with van der Waals surface area (Å²) in [5, 5.41) is 0. The van der Waals surface area contributed by atoms with Gasteiger partial charge in [0.15, 0.2) is 23.2 Å². The highest BCUT2D eigenvalue weighted by molar-refractivity contribution is 6.08. The molecule has 1 fully saturated rings. The molecule has 2 aliphatic carbocycles. The molecule has 0 heterocycles. The van der Waals surface area contributed by atoms with Gasteiger partial charge in [0.25, 0.3) is 0 Å². The normalized spacial score (nSPS) is 21.1. The van der Waals surface area contributed by atoms with E-state index in [1.54, 1.807) is 36.4 Å². The molecule has 0 N–H and O–H groups in total. The smallest absolute Gasteiger partial charge is 0.201 e. The maximum atomic E-state index is 15.3. The van der Waals surface area contributed by atoms with Crippen LogP contribution in [0.4, 0.5) is 17.6 Å². The first-order chi connectivity index (χ1) is 19.4. The van der Waals surface area contributed by atoms with Crippen LogP contribution in [0.25, 0.3) is 27.8 Å². The Morgan fingerprint density at radius 2 is 1.30 bits per heavy atom. The molecule has 1 saturated carbocycles. The Balaban J connectivity index is 1.31. The first-order valence-corrected chi connectivity index (χ1v) is 14.1. The van der Waals surface area contributed by atoms with Gasteiger partial charge in [0.05, 0.1) is 7.85 Å². The van der Waals surface area contributed by atoms with Gasteiger partial charge in [0.1, 0.15) is 6.61 Å². The van der Waals surface area contributed by atoms with Crippen molar-refractivity contribution in [2.45, 2.75) is 51.3 Å². The Bertz CT molecular complexity index is 1390. The number of ether oxygens (including phenoxy) is 1. The van der Waals surface area contributed by atoms with Crippen molar-refractivity contribution in [1.29, 1.82) is 0 Å². The van der Waals surface area contributed by atoms with Gasteiger partial charge < -0.3 is 4.74 Å². The van der Waals surface area contributed by atoms with Crippen LogP contribution in [0.5, 0.6) is 5.75 Å². The van der Waals surface area contributed by atoms with Crippen molar-refractivity contribution in [1.82, 2.24) is 0 Å².